The molecule has 1 aromatic carbocycles. The van der Waals surface area contributed by atoms with Crippen molar-refractivity contribution in [1.82, 2.24) is 0 Å². The van der Waals surface area contributed by atoms with Gasteiger partial charge in [0.25, 0.3) is 0 Å². The van der Waals surface area contributed by atoms with Gasteiger partial charge in [-0.2, -0.15) is 4.39 Å². The maximum absolute atomic E-state index is 12.9. The van der Waals surface area contributed by atoms with Gasteiger partial charge in [-0.1, -0.05) is 0 Å². The number of halogens is 3. The number of carboxylic acids is 1. The lowest BCUT2D eigenvalue weighted by Crippen LogP contribution is -2.06. The first-order chi connectivity index (χ1) is 6.49. The molecule has 0 unspecified atom stereocenters. The zero-order chi connectivity index (χ0) is 10.9. The molecule has 0 fully saturated rings. The van der Waals surface area contributed by atoms with Crippen molar-refractivity contribution in [3.63, 3.8) is 0 Å². The predicted octanol–water partition coefficient (Wildman–Crippen LogP) is 1.81. The Labute approximate surface area is 76.7 Å². The molecule has 0 aliphatic carbocycles. The van der Waals surface area contributed by atoms with Crippen molar-refractivity contribution in [1.29, 1.82) is 0 Å². The molecular formula is C8H5F3O3. The molecule has 0 spiro atoms. The SMILES string of the molecule is COc1c(C(=O)O)cc(F)c(F)c1F. The first-order valence-electron chi connectivity index (χ1n) is 3.43. The number of carboxylic acid groups (broad SMARTS) is 1. The van der Waals surface area contributed by atoms with Gasteiger partial charge in [0.05, 0.1) is 7.11 Å². The summed E-state index contributed by atoms with van der Waals surface area (Å²) < 4.78 is 42.4. The minimum atomic E-state index is -1.76. The second kappa shape index (κ2) is 3.57. The van der Waals surface area contributed by atoms with E-state index in [9.17, 15) is 18.0 Å². The van der Waals surface area contributed by atoms with Crippen LogP contribution in [0.4, 0.5) is 13.2 Å². The molecule has 0 aliphatic heterocycles. The molecule has 1 aromatic rings. The summed E-state index contributed by atoms with van der Waals surface area (Å²) >= 11 is 0. The summed E-state index contributed by atoms with van der Waals surface area (Å²) in [5.41, 5.74) is -0.760. The third kappa shape index (κ3) is 1.50. The average Bonchev–Trinajstić information content (AvgIpc) is 2.13. The van der Waals surface area contributed by atoms with Crippen LogP contribution in [0.1, 0.15) is 10.4 Å². The molecule has 6 heteroatoms. The first kappa shape index (κ1) is 10.4. The average molecular weight is 206 g/mol. The van der Waals surface area contributed by atoms with E-state index >= 15 is 0 Å². The van der Waals surface area contributed by atoms with Crippen LogP contribution in [-0.2, 0) is 0 Å². The molecule has 1 rings (SSSR count). The molecule has 0 atom stereocenters. The quantitative estimate of drug-likeness (QED) is 0.750. The Hall–Kier alpha value is -1.72. The smallest absolute Gasteiger partial charge is 0.339 e. The van der Waals surface area contributed by atoms with E-state index in [0.717, 1.165) is 7.11 Å². The number of aromatic carboxylic acids is 1. The maximum atomic E-state index is 12.9. The number of hydrogen-bond donors (Lipinski definition) is 1. The van der Waals surface area contributed by atoms with Crippen LogP contribution in [0.2, 0.25) is 0 Å². The van der Waals surface area contributed by atoms with Gasteiger partial charge in [-0.3, -0.25) is 0 Å². The van der Waals surface area contributed by atoms with Crippen LogP contribution < -0.4 is 4.74 Å². The second-order valence-electron chi connectivity index (χ2n) is 2.37. The number of benzene rings is 1. The number of ether oxygens (including phenoxy) is 1. The Balaban J connectivity index is 3.51. The fourth-order valence-corrected chi connectivity index (χ4v) is 0.937. The summed E-state index contributed by atoms with van der Waals surface area (Å²) in [5, 5.41) is 8.50. The topological polar surface area (TPSA) is 46.5 Å². The van der Waals surface area contributed by atoms with Gasteiger partial charge in [-0.05, 0) is 6.07 Å². The Morgan fingerprint density at radius 2 is 1.93 bits per heavy atom. The third-order valence-corrected chi connectivity index (χ3v) is 1.55. The Morgan fingerprint density at radius 3 is 2.36 bits per heavy atom. The van der Waals surface area contributed by atoms with Crippen LogP contribution in [0.25, 0.3) is 0 Å². The van der Waals surface area contributed by atoms with Gasteiger partial charge in [0.15, 0.2) is 17.4 Å². The Morgan fingerprint density at radius 1 is 1.36 bits per heavy atom. The minimum Gasteiger partial charge on any atom is -0.493 e. The number of methoxy groups -OCH3 is 1. The van der Waals surface area contributed by atoms with Crippen molar-refractivity contribution in [3.8, 4) is 5.75 Å². The summed E-state index contributed by atoms with van der Waals surface area (Å²) in [6, 6.07) is 0.361. The molecule has 0 heterocycles. The molecule has 0 radical (unpaired) electrons. The van der Waals surface area contributed by atoms with Crippen LogP contribution >= 0.6 is 0 Å². The van der Waals surface area contributed by atoms with Gasteiger partial charge in [-0.25, -0.2) is 13.6 Å². The monoisotopic (exact) mass is 206 g/mol. The molecule has 3 nitrogen and oxygen atoms in total. The van der Waals surface area contributed by atoms with E-state index < -0.39 is 34.7 Å². The molecule has 1 N–H and O–H groups in total. The van der Waals surface area contributed by atoms with Gasteiger partial charge in [0.2, 0.25) is 5.82 Å². The van der Waals surface area contributed by atoms with E-state index in [0.29, 0.717) is 6.07 Å². The van der Waals surface area contributed by atoms with E-state index in [1.807, 2.05) is 0 Å². The van der Waals surface area contributed by atoms with Gasteiger partial charge in [0, 0.05) is 0 Å². The zero-order valence-corrected chi connectivity index (χ0v) is 6.97. The standard InChI is InChI=1S/C8H5F3O3/c1-14-7-3(8(12)13)2-4(9)5(10)6(7)11/h2H,1H3,(H,12,13). The summed E-state index contributed by atoms with van der Waals surface area (Å²) in [5.74, 6) is -7.39. The number of carbonyl (C=O) groups is 1. The lowest BCUT2D eigenvalue weighted by Gasteiger charge is -2.06. The molecule has 0 aromatic heterocycles. The molecule has 0 saturated heterocycles. The van der Waals surface area contributed by atoms with Crippen molar-refractivity contribution >= 4 is 5.97 Å². The highest BCUT2D eigenvalue weighted by Gasteiger charge is 2.22. The maximum Gasteiger partial charge on any atom is 0.339 e. The van der Waals surface area contributed by atoms with E-state index in [1.165, 1.54) is 0 Å². The van der Waals surface area contributed by atoms with E-state index in [-0.39, 0.29) is 0 Å². The zero-order valence-electron chi connectivity index (χ0n) is 6.97. The molecule has 14 heavy (non-hydrogen) atoms. The lowest BCUT2D eigenvalue weighted by molar-refractivity contribution is 0.0691. The Kier molecular flexibility index (Phi) is 2.64. The second-order valence-corrected chi connectivity index (χ2v) is 2.37. The summed E-state index contributed by atoms with van der Waals surface area (Å²) in [4.78, 5) is 10.5. The highest BCUT2D eigenvalue weighted by molar-refractivity contribution is 5.91. The molecule has 0 amide bonds. The van der Waals surface area contributed by atoms with Gasteiger partial charge in [0.1, 0.15) is 5.56 Å². The number of hydrogen-bond acceptors (Lipinski definition) is 2. The van der Waals surface area contributed by atoms with Crippen LogP contribution in [0.5, 0.6) is 5.75 Å². The van der Waals surface area contributed by atoms with Crippen molar-refractivity contribution in [3.05, 3.63) is 29.1 Å². The van der Waals surface area contributed by atoms with Gasteiger partial charge < -0.3 is 9.84 Å². The molecule has 0 bridgehead atoms. The largest absolute Gasteiger partial charge is 0.493 e. The molecule has 0 aliphatic rings. The molecular weight excluding hydrogens is 201 g/mol. The summed E-state index contributed by atoms with van der Waals surface area (Å²) in [6.45, 7) is 0. The van der Waals surface area contributed by atoms with Crippen LogP contribution in [0.3, 0.4) is 0 Å². The van der Waals surface area contributed by atoms with Crippen LogP contribution in [0.15, 0.2) is 6.07 Å². The third-order valence-electron chi connectivity index (χ3n) is 1.55. The highest BCUT2D eigenvalue weighted by atomic mass is 19.2. The highest BCUT2D eigenvalue weighted by Crippen LogP contribution is 2.26. The van der Waals surface area contributed by atoms with E-state index in [4.69, 9.17) is 5.11 Å². The normalized spacial score (nSPS) is 10.0. The van der Waals surface area contributed by atoms with Gasteiger partial charge in [-0.15, -0.1) is 0 Å². The van der Waals surface area contributed by atoms with E-state index in [1.54, 1.807) is 0 Å². The molecule has 76 valence electrons. The van der Waals surface area contributed by atoms with E-state index in [2.05, 4.69) is 4.74 Å². The van der Waals surface area contributed by atoms with Crippen molar-refractivity contribution in [2.75, 3.05) is 7.11 Å². The van der Waals surface area contributed by atoms with Crippen molar-refractivity contribution in [2.24, 2.45) is 0 Å². The van der Waals surface area contributed by atoms with Crippen molar-refractivity contribution in [2.45, 2.75) is 0 Å². The fraction of sp³-hybridized carbons (Fsp3) is 0.125. The summed E-state index contributed by atoms with van der Waals surface area (Å²) in [6.07, 6.45) is 0. The molecule has 0 saturated carbocycles. The van der Waals surface area contributed by atoms with Crippen LogP contribution in [0, 0.1) is 17.5 Å². The van der Waals surface area contributed by atoms with Crippen molar-refractivity contribution < 1.29 is 27.8 Å². The van der Waals surface area contributed by atoms with Gasteiger partial charge >= 0.3 is 5.97 Å². The summed E-state index contributed by atoms with van der Waals surface area (Å²) in [7, 11) is 0.961. The fourth-order valence-electron chi connectivity index (χ4n) is 0.937. The predicted molar refractivity (Wildman–Crippen MR) is 39.8 cm³/mol. The minimum absolute atomic E-state index is 0.361. The Bertz CT molecular complexity index is 390. The first-order valence-corrected chi connectivity index (χ1v) is 3.43. The van der Waals surface area contributed by atoms with Crippen LogP contribution in [-0.4, -0.2) is 18.2 Å². The number of rotatable bonds is 2. The lowest BCUT2D eigenvalue weighted by atomic mass is 10.2.